The smallest absolute Gasteiger partial charge is 0.258 e. The lowest BCUT2D eigenvalue weighted by Gasteiger charge is -2.01. The Hall–Kier alpha value is -1.84. The molecule has 0 fully saturated rings. The van der Waals surface area contributed by atoms with Gasteiger partial charge in [0.1, 0.15) is 0 Å². The molecule has 0 amide bonds. The van der Waals surface area contributed by atoms with Gasteiger partial charge >= 0.3 is 0 Å². The second-order valence-electron chi connectivity index (χ2n) is 3.82. The molecular weight excluding hydrogens is 285 g/mol. The topological polar surface area (TPSA) is 43.1 Å². The molecule has 0 unspecified atom stereocenters. The van der Waals surface area contributed by atoms with Crippen molar-refractivity contribution in [1.82, 2.24) is 0 Å². The zero-order chi connectivity index (χ0) is 13.8. The van der Waals surface area contributed by atoms with Gasteiger partial charge in [-0.2, -0.15) is 0 Å². The lowest BCUT2D eigenvalue weighted by molar-refractivity contribution is -0.374. The minimum atomic E-state index is -0.438. The van der Waals surface area contributed by atoms with E-state index >= 15 is 0 Å². The molecular formula is C14H9Cl2NO2. The molecule has 2 aromatic rings. The van der Waals surface area contributed by atoms with E-state index in [0.717, 1.165) is 0 Å². The maximum absolute atomic E-state index is 11.2. The molecule has 0 heterocycles. The van der Waals surface area contributed by atoms with Gasteiger partial charge in [0.05, 0.1) is 10.5 Å². The van der Waals surface area contributed by atoms with Crippen molar-refractivity contribution in [3.63, 3.8) is 0 Å². The summed E-state index contributed by atoms with van der Waals surface area (Å²) in [7, 11) is 0. The molecule has 0 saturated carbocycles. The van der Waals surface area contributed by atoms with Crippen molar-refractivity contribution >= 4 is 35.0 Å². The van der Waals surface area contributed by atoms with Crippen molar-refractivity contribution in [3.05, 3.63) is 79.8 Å². The number of halogens is 2. The Morgan fingerprint density at radius 1 is 1.11 bits per heavy atom. The Morgan fingerprint density at radius 2 is 1.79 bits per heavy atom. The van der Waals surface area contributed by atoms with Crippen LogP contribution < -0.4 is 0 Å². The van der Waals surface area contributed by atoms with Gasteiger partial charge in [-0.25, -0.2) is 0 Å². The number of nitro groups is 1. The van der Waals surface area contributed by atoms with Gasteiger partial charge in [0, 0.05) is 21.7 Å². The summed E-state index contributed by atoms with van der Waals surface area (Å²) in [6.07, 6.45) is 1.42. The molecule has 19 heavy (non-hydrogen) atoms. The Bertz CT molecular complexity index is 639. The lowest BCUT2D eigenvalue weighted by atomic mass is 10.1. The Morgan fingerprint density at radius 3 is 2.42 bits per heavy atom. The number of rotatable bonds is 3. The molecule has 0 aromatic heterocycles. The fourth-order valence-electron chi connectivity index (χ4n) is 1.62. The van der Waals surface area contributed by atoms with Crippen LogP contribution in [-0.2, 0) is 0 Å². The average Bonchev–Trinajstić information content (AvgIpc) is 2.40. The summed E-state index contributed by atoms with van der Waals surface area (Å²) in [6.45, 7) is 0. The zero-order valence-corrected chi connectivity index (χ0v) is 11.2. The van der Waals surface area contributed by atoms with E-state index in [4.69, 9.17) is 23.2 Å². The van der Waals surface area contributed by atoms with Crippen molar-refractivity contribution < 1.29 is 4.92 Å². The third kappa shape index (κ3) is 3.34. The fraction of sp³-hybridized carbons (Fsp3) is 0. The van der Waals surface area contributed by atoms with Crippen LogP contribution in [0.25, 0.3) is 11.8 Å². The van der Waals surface area contributed by atoms with Crippen LogP contribution in [0.1, 0.15) is 11.1 Å². The predicted octanol–water partition coefficient (Wildman–Crippen LogP) is 4.77. The van der Waals surface area contributed by atoms with Gasteiger partial charge < -0.3 is 0 Å². The summed E-state index contributed by atoms with van der Waals surface area (Å²) < 4.78 is 0. The molecule has 0 aliphatic rings. The number of nitrogens with zero attached hydrogens (tertiary/aromatic N) is 1. The van der Waals surface area contributed by atoms with Gasteiger partial charge in [-0.3, -0.25) is 10.1 Å². The van der Waals surface area contributed by atoms with E-state index in [1.807, 2.05) is 0 Å². The fourth-order valence-corrected chi connectivity index (χ4v) is 1.98. The lowest BCUT2D eigenvalue weighted by Crippen LogP contribution is -1.97. The van der Waals surface area contributed by atoms with Crippen LogP contribution in [0.5, 0.6) is 0 Å². The molecule has 0 saturated heterocycles. The highest BCUT2D eigenvalue weighted by Crippen LogP contribution is 2.26. The van der Waals surface area contributed by atoms with Crippen molar-refractivity contribution in [2.75, 3.05) is 0 Å². The molecule has 0 atom stereocenters. The van der Waals surface area contributed by atoms with E-state index < -0.39 is 4.92 Å². The third-order valence-corrected chi connectivity index (χ3v) is 3.10. The molecule has 5 heteroatoms. The average molecular weight is 294 g/mol. The highest BCUT2D eigenvalue weighted by molar-refractivity contribution is 6.34. The zero-order valence-electron chi connectivity index (χ0n) is 9.72. The molecule has 2 rings (SSSR count). The van der Waals surface area contributed by atoms with Gasteiger partial charge in [-0.1, -0.05) is 41.4 Å². The third-order valence-electron chi connectivity index (χ3n) is 2.52. The SMILES string of the molecule is O=[N+]([O-])/C(=C/c1cc(Cl)ccc1Cl)c1ccccc1. The van der Waals surface area contributed by atoms with Crippen LogP contribution in [-0.4, -0.2) is 4.92 Å². The first-order chi connectivity index (χ1) is 9.08. The number of hydrogen-bond donors (Lipinski definition) is 0. The Kier molecular flexibility index (Phi) is 4.20. The van der Waals surface area contributed by atoms with Gasteiger partial charge in [0.25, 0.3) is 5.70 Å². The minimum absolute atomic E-state index is 0.0234. The van der Waals surface area contributed by atoms with E-state index in [1.165, 1.54) is 6.08 Å². The number of benzene rings is 2. The summed E-state index contributed by atoms with van der Waals surface area (Å²) in [4.78, 5) is 10.7. The molecule has 2 aromatic carbocycles. The van der Waals surface area contributed by atoms with Crippen molar-refractivity contribution in [2.24, 2.45) is 0 Å². The van der Waals surface area contributed by atoms with Crippen LogP contribution in [0.4, 0.5) is 0 Å². The second-order valence-corrected chi connectivity index (χ2v) is 4.66. The van der Waals surface area contributed by atoms with E-state index in [0.29, 0.717) is 21.2 Å². The highest BCUT2D eigenvalue weighted by atomic mass is 35.5. The van der Waals surface area contributed by atoms with Crippen LogP contribution in [0, 0.1) is 10.1 Å². The highest BCUT2D eigenvalue weighted by Gasteiger charge is 2.14. The van der Waals surface area contributed by atoms with E-state index in [1.54, 1.807) is 48.5 Å². The molecule has 0 N–H and O–H groups in total. The Balaban J connectivity index is 2.54. The van der Waals surface area contributed by atoms with Crippen LogP contribution in [0.2, 0.25) is 10.0 Å². The quantitative estimate of drug-likeness (QED) is 0.465. The minimum Gasteiger partial charge on any atom is -0.258 e. The summed E-state index contributed by atoms with van der Waals surface area (Å²) in [5, 5.41) is 12.1. The standard InChI is InChI=1S/C14H9Cl2NO2/c15-12-6-7-13(16)11(8-12)9-14(17(18)19)10-4-2-1-3-5-10/h1-9H/b14-9+. The van der Waals surface area contributed by atoms with E-state index in [9.17, 15) is 10.1 Å². The monoisotopic (exact) mass is 293 g/mol. The van der Waals surface area contributed by atoms with Crippen molar-refractivity contribution in [2.45, 2.75) is 0 Å². The van der Waals surface area contributed by atoms with Gasteiger partial charge in [-0.15, -0.1) is 0 Å². The number of hydrogen-bond acceptors (Lipinski definition) is 2. The first-order valence-electron chi connectivity index (χ1n) is 5.44. The van der Waals surface area contributed by atoms with Crippen molar-refractivity contribution in [3.8, 4) is 0 Å². The second kappa shape index (κ2) is 5.87. The molecule has 0 aliphatic heterocycles. The van der Waals surface area contributed by atoms with Crippen LogP contribution in [0.3, 0.4) is 0 Å². The van der Waals surface area contributed by atoms with Crippen molar-refractivity contribution in [1.29, 1.82) is 0 Å². The van der Waals surface area contributed by atoms with Gasteiger partial charge in [0.2, 0.25) is 0 Å². The predicted molar refractivity (Wildman–Crippen MR) is 77.8 cm³/mol. The molecule has 0 bridgehead atoms. The maximum Gasteiger partial charge on any atom is 0.277 e. The van der Waals surface area contributed by atoms with E-state index in [-0.39, 0.29) is 5.70 Å². The maximum atomic E-state index is 11.2. The summed E-state index contributed by atoms with van der Waals surface area (Å²) in [6, 6.07) is 13.5. The molecule has 96 valence electrons. The normalized spacial score (nSPS) is 11.4. The Labute approximate surface area is 120 Å². The first kappa shape index (κ1) is 13.6. The first-order valence-corrected chi connectivity index (χ1v) is 6.20. The van der Waals surface area contributed by atoms with Gasteiger partial charge in [-0.05, 0) is 30.3 Å². The molecule has 0 aliphatic carbocycles. The molecule has 3 nitrogen and oxygen atoms in total. The summed E-state index contributed by atoms with van der Waals surface area (Å²) in [5.74, 6) is 0. The summed E-state index contributed by atoms with van der Waals surface area (Å²) >= 11 is 11.9. The largest absolute Gasteiger partial charge is 0.277 e. The molecule has 0 radical (unpaired) electrons. The van der Waals surface area contributed by atoms with Gasteiger partial charge in [0.15, 0.2) is 0 Å². The van der Waals surface area contributed by atoms with Crippen LogP contribution in [0.15, 0.2) is 48.5 Å². The van der Waals surface area contributed by atoms with Crippen LogP contribution >= 0.6 is 23.2 Å². The van der Waals surface area contributed by atoms with E-state index in [2.05, 4.69) is 0 Å². The summed E-state index contributed by atoms with van der Waals surface area (Å²) in [5.41, 5.74) is 1.01. The molecule has 0 spiro atoms.